The number of carbonyl (C=O) groups is 1. The van der Waals surface area contributed by atoms with Crippen molar-refractivity contribution in [3.05, 3.63) is 35.6 Å². The number of nitrogens with zero attached hydrogens (tertiary/aromatic N) is 1. The molecular weight excluding hydrogens is 295 g/mol. The molecule has 1 aromatic rings. The molecule has 0 bridgehead atoms. The molecule has 2 aliphatic heterocycles. The van der Waals surface area contributed by atoms with Gasteiger partial charge in [0.15, 0.2) is 0 Å². The standard InChI is InChI=1S/C18H25FN2O2/c1-23-12-15-11-21(13-18(15)6-8-20-9-7-18)17(22)10-14-4-2-3-5-16(14)19/h2-5,15,20H,6-13H2,1H3. The van der Waals surface area contributed by atoms with Crippen LogP contribution >= 0.6 is 0 Å². The summed E-state index contributed by atoms with van der Waals surface area (Å²) in [5.41, 5.74) is 0.638. The van der Waals surface area contributed by atoms with Gasteiger partial charge in [-0.2, -0.15) is 0 Å². The SMILES string of the molecule is COCC1CN(C(=O)Cc2ccccc2F)CC12CCNCC2. The van der Waals surface area contributed by atoms with Crippen LogP contribution < -0.4 is 5.32 Å². The first-order valence-electron chi connectivity index (χ1n) is 8.35. The zero-order valence-corrected chi connectivity index (χ0v) is 13.7. The minimum Gasteiger partial charge on any atom is -0.384 e. The zero-order chi connectivity index (χ0) is 16.3. The van der Waals surface area contributed by atoms with E-state index in [1.807, 2.05) is 4.90 Å². The average Bonchev–Trinajstić information content (AvgIpc) is 2.89. The molecule has 1 amide bonds. The summed E-state index contributed by atoms with van der Waals surface area (Å²) in [5, 5.41) is 3.40. The molecule has 2 saturated heterocycles. The first kappa shape index (κ1) is 16.4. The Morgan fingerprint density at radius 2 is 2.13 bits per heavy atom. The molecule has 1 atom stereocenters. The third kappa shape index (κ3) is 3.40. The maximum Gasteiger partial charge on any atom is 0.227 e. The van der Waals surface area contributed by atoms with Crippen LogP contribution in [0.1, 0.15) is 18.4 Å². The van der Waals surface area contributed by atoms with Crippen molar-refractivity contribution in [1.82, 2.24) is 10.2 Å². The van der Waals surface area contributed by atoms with E-state index in [4.69, 9.17) is 4.74 Å². The molecule has 4 nitrogen and oxygen atoms in total. The van der Waals surface area contributed by atoms with Crippen LogP contribution in [0.25, 0.3) is 0 Å². The predicted octanol–water partition coefficient (Wildman–Crippen LogP) is 1.84. The van der Waals surface area contributed by atoms with Gasteiger partial charge in [-0.15, -0.1) is 0 Å². The molecule has 2 heterocycles. The number of likely N-dealkylation sites (tertiary alicyclic amines) is 1. The summed E-state index contributed by atoms with van der Waals surface area (Å²) in [6.45, 7) is 4.17. The van der Waals surface area contributed by atoms with Crippen molar-refractivity contribution in [2.45, 2.75) is 19.3 Å². The van der Waals surface area contributed by atoms with Gasteiger partial charge in [0.1, 0.15) is 5.82 Å². The number of rotatable bonds is 4. The van der Waals surface area contributed by atoms with Crippen molar-refractivity contribution in [2.75, 3.05) is 39.9 Å². The molecule has 0 radical (unpaired) electrons. The van der Waals surface area contributed by atoms with Crippen LogP contribution in [0, 0.1) is 17.2 Å². The quantitative estimate of drug-likeness (QED) is 0.920. The summed E-state index contributed by atoms with van der Waals surface area (Å²) in [4.78, 5) is 14.6. The van der Waals surface area contributed by atoms with E-state index in [9.17, 15) is 9.18 Å². The van der Waals surface area contributed by atoms with E-state index in [2.05, 4.69) is 5.32 Å². The first-order valence-corrected chi connectivity index (χ1v) is 8.35. The molecule has 1 spiro atoms. The monoisotopic (exact) mass is 320 g/mol. The molecule has 3 rings (SSSR count). The lowest BCUT2D eigenvalue weighted by Crippen LogP contribution is -2.43. The second-order valence-electron chi connectivity index (χ2n) is 6.81. The fraction of sp³-hybridized carbons (Fsp3) is 0.611. The van der Waals surface area contributed by atoms with Crippen molar-refractivity contribution in [1.29, 1.82) is 0 Å². The van der Waals surface area contributed by atoms with Crippen LogP contribution in [-0.4, -0.2) is 50.7 Å². The summed E-state index contributed by atoms with van der Waals surface area (Å²) in [5.74, 6) is 0.0934. The van der Waals surface area contributed by atoms with Gasteiger partial charge >= 0.3 is 0 Å². The topological polar surface area (TPSA) is 41.6 Å². The Hall–Kier alpha value is -1.46. The zero-order valence-electron chi connectivity index (χ0n) is 13.7. The van der Waals surface area contributed by atoms with Crippen molar-refractivity contribution in [2.24, 2.45) is 11.3 Å². The van der Waals surface area contributed by atoms with E-state index >= 15 is 0 Å². The smallest absolute Gasteiger partial charge is 0.227 e. The minimum atomic E-state index is -0.301. The molecule has 1 aromatic carbocycles. The van der Waals surface area contributed by atoms with Crippen molar-refractivity contribution < 1.29 is 13.9 Å². The van der Waals surface area contributed by atoms with Gasteiger partial charge in [0.25, 0.3) is 0 Å². The van der Waals surface area contributed by atoms with Crippen LogP contribution in [0.15, 0.2) is 24.3 Å². The molecule has 0 aromatic heterocycles. The van der Waals surface area contributed by atoms with Gasteiger partial charge in [-0.3, -0.25) is 4.79 Å². The predicted molar refractivity (Wildman–Crippen MR) is 86.6 cm³/mol. The fourth-order valence-electron chi connectivity index (χ4n) is 4.06. The van der Waals surface area contributed by atoms with Gasteiger partial charge < -0.3 is 15.0 Å². The summed E-state index contributed by atoms with van der Waals surface area (Å²) in [6.07, 6.45) is 2.29. The molecule has 0 saturated carbocycles. The molecule has 2 aliphatic rings. The van der Waals surface area contributed by atoms with E-state index < -0.39 is 0 Å². The molecular formula is C18H25FN2O2. The number of benzene rings is 1. The van der Waals surface area contributed by atoms with Gasteiger partial charge in [-0.1, -0.05) is 18.2 Å². The molecule has 2 fully saturated rings. The summed E-state index contributed by atoms with van der Waals surface area (Å²) < 4.78 is 19.2. The summed E-state index contributed by atoms with van der Waals surface area (Å²) in [6, 6.07) is 6.53. The lowest BCUT2D eigenvalue weighted by molar-refractivity contribution is -0.130. The highest BCUT2D eigenvalue weighted by Gasteiger charge is 2.47. The number of amides is 1. The molecule has 126 valence electrons. The van der Waals surface area contributed by atoms with E-state index in [-0.39, 0.29) is 23.6 Å². The Morgan fingerprint density at radius 3 is 2.83 bits per heavy atom. The lowest BCUT2D eigenvalue weighted by Gasteiger charge is -2.38. The number of carbonyl (C=O) groups excluding carboxylic acids is 1. The number of hydrogen-bond donors (Lipinski definition) is 1. The van der Waals surface area contributed by atoms with E-state index in [0.29, 0.717) is 18.1 Å². The maximum absolute atomic E-state index is 13.8. The highest BCUT2D eigenvalue weighted by Crippen LogP contribution is 2.43. The van der Waals surface area contributed by atoms with Crippen LogP contribution in [0.2, 0.25) is 0 Å². The Kier molecular flexibility index (Phi) is 4.97. The normalized spacial score (nSPS) is 23.4. The molecule has 5 heteroatoms. The molecule has 0 aliphatic carbocycles. The highest BCUT2D eigenvalue weighted by molar-refractivity contribution is 5.79. The highest BCUT2D eigenvalue weighted by atomic mass is 19.1. The number of nitrogens with one attached hydrogen (secondary N) is 1. The number of ether oxygens (including phenoxy) is 1. The molecule has 1 unspecified atom stereocenters. The summed E-state index contributed by atoms with van der Waals surface area (Å²) in [7, 11) is 1.72. The Labute approximate surface area is 137 Å². The maximum atomic E-state index is 13.8. The Bertz CT molecular complexity index is 558. The van der Waals surface area contributed by atoms with Gasteiger partial charge in [0.2, 0.25) is 5.91 Å². The van der Waals surface area contributed by atoms with Gasteiger partial charge in [-0.05, 0) is 43.0 Å². The average molecular weight is 320 g/mol. The van der Waals surface area contributed by atoms with Gasteiger partial charge in [-0.25, -0.2) is 4.39 Å². The van der Waals surface area contributed by atoms with E-state index in [1.165, 1.54) is 6.07 Å². The van der Waals surface area contributed by atoms with Crippen molar-refractivity contribution >= 4 is 5.91 Å². The Balaban J connectivity index is 1.71. The number of piperidine rings is 1. The van der Waals surface area contributed by atoms with Crippen molar-refractivity contribution in [3.8, 4) is 0 Å². The first-order chi connectivity index (χ1) is 11.1. The van der Waals surface area contributed by atoms with Gasteiger partial charge in [0.05, 0.1) is 13.0 Å². The molecule has 1 N–H and O–H groups in total. The molecule has 23 heavy (non-hydrogen) atoms. The number of methoxy groups -OCH3 is 1. The van der Waals surface area contributed by atoms with Crippen LogP contribution in [0.5, 0.6) is 0 Å². The second kappa shape index (κ2) is 6.97. The van der Waals surface area contributed by atoms with E-state index in [1.54, 1.807) is 25.3 Å². The van der Waals surface area contributed by atoms with Crippen LogP contribution in [0.4, 0.5) is 4.39 Å². The fourth-order valence-corrected chi connectivity index (χ4v) is 4.06. The van der Waals surface area contributed by atoms with Crippen LogP contribution in [-0.2, 0) is 16.0 Å². The largest absolute Gasteiger partial charge is 0.384 e. The number of hydrogen-bond acceptors (Lipinski definition) is 3. The van der Waals surface area contributed by atoms with Crippen LogP contribution in [0.3, 0.4) is 0 Å². The van der Waals surface area contributed by atoms with Gasteiger partial charge in [0, 0.05) is 26.1 Å². The Morgan fingerprint density at radius 1 is 1.39 bits per heavy atom. The number of halogens is 1. The summed E-state index contributed by atoms with van der Waals surface area (Å²) >= 11 is 0. The third-order valence-corrected chi connectivity index (χ3v) is 5.43. The second-order valence-corrected chi connectivity index (χ2v) is 6.81. The van der Waals surface area contributed by atoms with Crippen molar-refractivity contribution in [3.63, 3.8) is 0 Å². The lowest BCUT2D eigenvalue weighted by atomic mass is 9.71. The third-order valence-electron chi connectivity index (χ3n) is 5.43. The minimum absolute atomic E-state index is 0.0200. The van der Waals surface area contributed by atoms with E-state index in [0.717, 1.165) is 39.0 Å².